The molecule has 0 amide bonds. The average Bonchev–Trinajstić information content (AvgIpc) is 3.66. The van der Waals surface area contributed by atoms with Crippen molar-refractivity contribution in [2.75, 3.05) is 37.7 Å². The first-order chi connectivity index (χ1) is 19.9. The minimum absolute atomic E-state index is 0.0792. The first-order valence-electron chi connectivity index (χ1n) is 14.7. The van der Waals surface area contributed by atoms with Gasteiger partial charge in [0.25, 0.3) is 0 Å². The molecule has 1 atom stereocenters. The van der Waals surface area contributed by atoms with Crippen molar-refractivity contribution in [2.24, 2.45) is 5.92 Å². The Morgan fingerprint density at radius 3 is 2.76 bits per heavy atom. The van der Waals surface area contributed by atoms with Crippen LogP contribution in [0.15, 0.2) is 30.6 Å². The number of anilines is 1. The number of rotatable bonds is 6. The summed E-state index contributed by atoms with van der Waals surface area (Å²) in [5, 5.41) is 11.8. The lowest BCUT2D eigenvalue weighted by Crippen LogP contribution is -2.43. The molecule has 0 aliphatic carbocycles. The summed E-state index contributed by atoms with van der Waals surface area (Å²) in [6, 6.07) is 6.21. The second-order valence-corrected chi connectivity index (χ2v) is 12.0. The zero-order valence-corrected chi connectivity index (χ0v) is 23.4. The molecule has 41 heavy (non-hydrogen) atoms. The molecule has 5 heterocycles. The van der Waals surface area contributed by atoms with Crippen LogP contribution in [0.3, 0.4) is 0 Å². The lowest BCUT2D eigenvalue weighted by molar-refractivity contribution is 0.111. The van der Waals surface area contributed by atoms with Crippen molar-refractivity contribution in [2.45, 2.75) is 57.5 Å². The number of phenolic OH excluding ortho intramolecular Hbond substituents is 1. The van der Waals surface area contributed by atoms with Gasteiger partial charge in [-0.2, -0.15) is 9.97 Å². The van der Waals surface area contributed by atoms with Gasteiger partial charge in [-0.25, -0.2) is 9.37 Å². The lowest BCUT2D eigenvalue weighted by atomic mass is 9.95. The highest BCUT2D eigenvalue weighted by Crippen LogP contribution is 2.40. The Morgan fingerprint density at radius 2 is 1.98 bits per heavy atom. The summed E-state index contributed by atoms with van der Waals surface area (Å²) in [6.45, 7) is 7.18. The molecule has 3 aliphatic rings. The lowest BCUT2D eigenvalue weighted by Gasteiger charge is -2.32. The van der Waals surface area contributed by atoms with Gasteiger partial charge in [0, 0.05) is 18.5 Å². The SMILES string of the molecule is C#Cc1c(F)ccc2cc(O)cc(Cn3cnc4c(OCC56CCCN5CCC6)nc(N5CCC[C@@H](C)C5)nc43)c12. The van der Waals surface area contributed by atoms with Gasteiger partial charge in [-0.15, -0.1) is 6.42 Å². The number of fused-ring (bicyclic) bond motifs is 3. The van der Waals surface area contributed by atoms with E-state index in [0.29, 0.717) is 58.4 Å². The van der Waals surface area contributed by atoms with Gasteiger partial charge in [-0.05, 0) is 86.7 Å². The third kappa shape index (κ3) is 4.55. The van der Waals surface area contributed by atoms with Gasteiger partial charge >= 0.3 is 0 Å². The van der Waals surface area contributed by atoms with Gasteiger partial charge in [0.15, 0.2) is 11.2 Å². The molecule has 212 valence electrons. The van der Waals surface area contributed by atoms with Gasteiger partial charge in [0.2, 0.25) is 11.8 Å². The molecule has 2 aromatic carbocycles. The van der Waals surface area contributed by atoms with E-state index in [9.17, 15) is 9.50 Å². The van der Waals surface area contributed by atoms with Crippen molar-refractivity contribution in [3.05, 3.63) is 47.5 Å². The van der Waals surface area contributed by atoms with Crippen LogP contribution in [-0.2, 0) is 6.54 Å². The number of nitrogens with zero attached hydrogens (tertiary/aromatic N) is 6. The maximum Gasteiger partial charge on any atom is 0.247 e. The van der Waals surface area contributed by atoms with Crippen molar-refractivity contribution < 1.29 is 14.2 Å². The van der Waals surface area contributed by atoms with Crippen LogP contribution >= 0.6 is 0 Å². The van der Waals surface area contributed by atoms with E-state index in [1.807, 2.05) is 4.57 Å². The second-order valence-electron chi connectivity index (χ2n) is 12.0. The first-order valence-corrected chi connectivity index (χ1v) is 14.7. The third-order valence-corrected chi connectivity index (χ3v) is 9.27. The fourth-order valence-electron chi connectivity index (χ4n) is 7.26. The van der Waals surface area contributed by atoms with Gasteiger partial charge < -0.3 is 19.3 Å². The molecule has 2 aromatic heterocycles. The molecule has 7 rings (SSSR count). The number of imidazole rings is 1. The van der Waals surface area contributed by atoms with Crippen LogP contribution in [0.25, 0.3) is 21.9 Å². The normalized spacial score (nSPS) is 20.5. The minimum Gasteiger partial charge on any atom is -0.508 e. The van der Waals surface area contributed by atoms with E-state index in [0.717, 1.165) is 45.4 Å². The molecule has 9 heteroatoms. The predicted molar refractivity (Wildman–Crippen MR) is 157 cm³/mol. The molecule has 0 spiro atoms. The summed E-state index contributed by atoms with van der Waals surface area (Å²) in [4.78, 5) is 19.5. The molecule has 0 unspecified atom stereocenters. The summed E-state index contributed by atoms with van der Waals surface area (Å²) in [5.74, 6) is 3.83. The highest BCUT2D eigenvalue weighted by atomic mass is 19.1. The predicted octanol–water partition coefficient (Wildman–Crippen LogP) is 5.10. The second kappa shape index (κ2) is 10.2. The van der Waals surface area contributed by atoms with Crippen LogP contribution in [0.2, 0.25) is 0 Å². The summed E-state index contributed by atoms with van der Waals surface area (Å²) in [5.41, 5.74) is 2.19. The number of phenols is 1. The maximum atomic E-state index is 14.7. The van der Waals surface area contributed by atoms with Crippen molar-refractivity contribution in [1.29, 1.82) is 0 Å². The molecule has 4 aromatic rings. The largest absolute Gasteiger partial charge is 0.508 e. The Labute approximate surface area is 239 Å². The van der Waals surface area contributed by atoms with E-state index in [2.05, 4.69) is 22.6 Å². The number of hydrogen-bond donors (Lipinski definition) is 1. The van der Waals surface area contributed by atoms with Crippen molar-refractivity contribution in [3.63, 3.8) is 0 Å². The Kier molecular flexibility index (Phi) is 6.46. The quantitative estimate of drug-likeness (QED) is 0.332. The number of halogens is 1. The number of ether oxygens (including phenoxy) is 1. The smallest absolute Gasteiger partial charge is 0.247 e. The minimum atomic E-state index is -0.464. The fraction of sp³-hybridized carbons (Fsp3) is 0.469. The van der Waals surface area contributed by atoms with Crippen LogP contribution in [0, 0.1) is 24.1 Å². The molecule has 3 aliphatic heterocycles. The van der Waals surface area contributed by atoms with Crippen LogP contribution < -0.4 is 9.64 Å². The number of hydrogen-bond acceptors (Lipinski definition) is 7. The van der Waals surface area contributed by atoms with Gasteiger partial charge in [-0.1, -0.05) is 18.9 Å². The highest BCUT2D eigenvalue weighted by molar-refractivity contribution is 5.92. The average molecular weight is 555 g/mol. The Hall–Kier alpha value is -3.90. The van der Waals surface area contributed by atoms with Crippen molar-refractivity contribution >= 4 is 27.9 Å². The number of aromatic hydroxyl groups is 1. The highest BCUT2D eigenvalue weighted by Gasteiger charge is 2.45. The number of benzene rings is 2. The Balaban J connectivity index is 1.31. The summed E-state index contributed by atoms with van der Waals surface area (Å²) in [7, 11) is 0. The molecule has 0 saturated carbocycles. The Bertz CT molecular complexity index is 1670. The van der Waals surface area contributed by atoms with Crippen LogP contribution in [0.5, 0.6) is 11.6 Å². The van der Waals surface area contributed by atoms with E-state index < -0.39 is 5.82 Å². The first kappa shape index (κ1) is 26.0. The molecule has 1 N–H and O–H groups in total. The maximum absolute atomic E-state index is 14.7. The third-order valence-electron chi connectivity index (χ3n) is 9.27. The van der Waals surface area contributed by atoms with E-state index in [-0.39, 0.29) is 16.9 Å². The molecule has 8 nitrogen and oxygen atoms in total. The summed E-state index contributed by atoms with van der Waals surface area (Å²) >= 11 is 0. The summed E-state index contributed by atoms with van der Waals surface area (Å²) in [6.07, 6.45) is 14.4. The number of aromatic nitrogens is 4. The number of terminal acetylenes is 1. The van der Waals surface area contributed by atoms with Crippen LogP contribution in [0.4, 0.5) is 10.3 Å². The molecular formula is C32H35FN6O2. The topological polar surface area (TPSA) is 79.5 Å². The van der Waals surface area contributed by atoms with E-state index in [4.69, 9.17) is 26.1 Å². The van der Waals surface area contributed by atoms with Crippen molar-refractivity contribution in [3.8, 4) is 24.0 Å². The van der Waals surface area contributed by atoms with Gasteiger partial charge in [0.05, 0.1) is 24.0 Å². The molecule has 3 fully saturated rings. The standard InChI is InChI=1S/C32H35FN6O2/c1-3-25-26(33)9-8-22-15-24(40)16-23(27(22)25)18-38-20-34-28-29(38)35-31(37-12-4-7-21(2)17-37)36-30(28)41-19-32-10-5-13-39(32)14-6-11-32/h1,8-9,15-16,20-21,40H,4-7,10-14,17-19H2,2H3/t21-/m1/s1. The van der Waals surface area contributed by atoms with Gasteiger partial charge in [0.1, 0.15) is 18.2 Å². The number of piperidine rings is 1. The Morgan fingerprint density at radius 1 is 1.15 bits per heavy atom. The zero-order chi connectivity index (χ0) is 28.1. The molecular weight excluding hydrogens is 519 g/mol. The van der Waals surface area contributed by atoms with E-state index >= 15 is 0 Å². The van der Waals surface area contributed by atoms with E-state index in [1.54, 1.807) is 24.5 Å². The van der Waals surface area contributed by atoms with Crippen molar-refractivity contribution in [1.82, 2.24) is 24.4 Å². The zero-order valence-electron chi connectivity index (χ0n) is 23.4. The van der Waals surface area contributed by atoms with Crippen LogP contribution in [-0.4, -0.2) is 67.9 Å². The summed E-state index contributed by atoms with van der Waals surface area (Å²) < 4.78 is 23.2. The van der Waals surface area contributed by atoms with Gasteiger partial charge in [-0.3, -0.25) is 4.90 Å². The molecule has 3 saturated heterocycles. The van der Waals surface area contributed by atoms with E-state index in [1.165, 1.54) is 25.3 Å². The molecule has 0 radical (unpaired) electrons. The van der Waals surface area contributed by atoms with Crippen LogP contribution in [0.1, 0.15) is 56.6 Å². The molecule has 0 bridgehead atoms. The monoisotopic (exact) mass is 554 g/mol. The fourth-order valence-corrected chi connectivity index (χ4v) is 7.26.